The Bertz CT molecular complexity index is 639. The van der Waals surface area contributed by atoms with Gasteiger partial charge in [0.15, 0.2) is 0 Å². The molecule has 1 radical (unpaired) electrons. The van der Waals surface area contributed by atoms with Crippen molar-refractivity contribution in [1.29, 1.82) is 0 Å². The molecule has 3 aromatic carbocycles. The lowest BCUT2D eigenvalue weighted by Gasteiger charge is -2.08. The second kappa shape index (κ2) is 4.92. The number of hydrogen-bond donors (Lipinski definition) is 0. The maximum atomic E-state index is 5.77. The van der Waals surface area contributed by atoms with E-state index in [2.05, 4.69) is 48.5 Å². The van der Waals surface area contributed by atoms with Gasteiger partial charge in [-0.3, -0.25) is 0 Å². The molecule has 0 amide bonds. The van der Waals surface area contributed by atoms with Crippen LogP contribution in [0, 0.1) is 6.07 Å². The maximum absolute atomic E-state index is 5.77. The van der Waals surface area contributed by atoms with Crippen LogP contribution in [0.25, 0.3) is 10.8 Å². The zero-order valence-corrected chi connectivity index (χ0v) is 9.97. The van der Waals surface area contributed by atoms with Crippen LogP contribution >= 0.6 is 0 Å². The number of benzene rings is 3. The average molecular weight is 233 g/mol. The molecule has 18 heavy (non-hydrogen) atoms. The van der Waals surface area contributed by atoms with Crippen molar-refractivity contribution in [2.45, 2.75) is 6.61 Å². The van der Waals surface area contributed by atoms with E-state index >= 15 is 0 Å². The van der Waals surface area contributed by atoms with E-state index < -0.39 is 0 Å². The lowest BCUT2D eigenvalue weighted by molar-refractivity contribution is 0.307. The summed E-state index contributed by atoms with van der Waals surface area (Å²) in [5.41, 5.74) is 1.21. The summed E-state index contributed by atoms with van der Waals surface area (Å²) in [5.74, 6) is 0.852. The Morgan fingerprint density at radius 3 is 2.67 bits per heavy atom. The Balaban J connectivity index is 1.87. The van der Waals surface area contributed by atoms with E-state index in [1.807, 2.05) is 24.3 Å². The van der Waals surface area contributed by atoms with Crippen LogP contribution in [0.3, 0.4) is 0 Å². The third-order valence-electron chi connectivity index (χ3n) is 2.95. The van der Waals surface area contributed by atoms with E-state index in [1.165, 1.54) is 16.3 Å². The van der Waals surface area contributed by atoms with Crippen molar-refractivity contribution in [2.75, 3.05) is 0 Å². The fraction of sp³-hybridized carbons (Fsp3) is 0.0588. The van der Waals surface area contributed by atoms with Gasteiger partial charge in [-0.1, -0.05) is 54.6 Å². The number of ether oxygens (including phenoxy) is 1. The largest absolute Gasteiger partial charge is 0.489 e. The van der Waals surface area contributed by atoms with E-state index in [-0.39, 0.29) is 0 Å². The fourth-order valence-electron chi connectivity index (χ4n) is 2.05. The molecule has 1 heteroatoms. The van der Waals surface area contributed by atoms with Gasteiger partial charge in [0, 0.05) is 0 Å². The fourth-order valence-corrected chi connectivity index (χ4v) is 2.05. The monoisotopic (exact) mass is 233 g/mol. The maximum Gasteiger partial charge on any atom is 0.120 e. The standard InChI is InChI=1S/C17H13O/c1-2-10-16(11-3-1)18-13-15-9-6-8-14-7-4-5-12-17(14)15/h1-2,4-12H,13H2. The van der Waals surface area contributed by atoms with Crippen molar-refractivity contribution in [3.8, 4) is 5.75 Å². The molecule has 0 saturated carbocycles. The van der Waals surface area contributed by atoms with Crippen molar-refractivity contribution in [2.24, 2.45) is 0 Å². The van der Waals surface area contributed by atoms with Gasteiger partial charge in [0.05, 0.1) is 0 Å². The van der Waals surface area contributed by atoms with Gasteiger partial charge in [0.25, 0.3) is 0 Å². The van der Waals surface area contributed by atoms with Crippen LogP contribution in [-0.2, 0) is 6.61 Å². The van der Waals surface area contributed by atoms with E-state index in [1.54, 1.807) is 0 Å². The average Bonchev–Trinajstić information content (AvgIpc) is 2.46. The Labute approximate surface area is 107 Å². The second-order valence-corrected chi connectivity index (χ2v) is 4.17. The van der Waals surface area contributed by atoms with Crippen LogP contribution in [0.5, 0.6) is 5.75 Å². The topological polar surface area (TPSA) is 9.23 Å². The third-order valence-corrected chi connectivity index (χ3v) is 2.95. The molecule has 87 valence electrons. The third kappa shape index (κ3) is 2.21. The van der Waals surface area contributed by atoms with Gasteiger partial charge in [-0.25, -0.2) is 0 Å². The molecule has 0 N–H and O–H groups in total. The van der Waals surface area contributed by atoms with E-state index in [0.29, 0.717) is 6.61 Å². The SMILES string of the molecule is [c]1cccc(OCc2cccc3ccccc23)c1. The molecule has 0 fully saturated rings. The molecule has 0 saturated heterocycles. The Kier molecular flexibility index (Phi) is 2.97. The molecule has 0 spiro atoms. The van der Waals surface area contributed by atoms with Crippen molar-refractivity contribution >= 4 is 10.8 Å². The molecule has 3 rings (SSSR count). The highest BCUT2D eigenvalue weighted by molar-refractivity contribution is 5.85. The molecule has 0 aliphatic carbocycles. The minimum Gasteiger partial charge on any atom is -0.489 e. The Morgan fingerprint density at radius 2 is 1.78 bits per heavy atom. The second-order valence-electron chi connectivity index (χ2n) is 4.17. The van der Waals surface area contributed by atoms with E-state index in [4.69, 9.17) is 4.74 Å². The summed E-state index contributed by atoms with van der Waals surface area (Å²) in [6.45, 7) is 0.583. The van der Waals surface area contributed by atoms with E-state index in [9.17, 15) is 0 Å². The summed E-state index contributed by atoms with van der Waals surface area (Å²) in [5, 5.41) is 2.50. The van der Waals surface area contributed by atoms with Crippen molar-refractivity contribution in [1.82, 2.24) is 0 Å². The molecule has 0 aromatic heterocycles. The summed E-state index contributed by atoms with van der Waals surface area (Å²) >= 11 is 0. The summed E-state index contributed by atoms with van der Waals surface area (Å²) in [7, 11) is 0. The van der Waals surface area contributed by atoms with Crippen molar-refractivity contribution in [3.05, 3.63) is 78.4 Å². The molecular formula is C17H13O. The van der Waals surface area contributed by atoms with Gasteiger partial charge in [0.1, 0.15) is 12.4 Å². The highest BCUT2D eigenvalue weighted by atomic mass is 16.5. The molecule has 3 aromatic rings. The van der Waals surface area contributed by atoms with Gasteiger partial charge in [0.2, 0.25) is 0 Å². The quantitative estimate of drug-likeness (QED) is 0.658. The Morgan fingerprint density at radius 1 is 0.889 bits per heavy atom. The van der Waals surface area contributed by atoms with Crippen LogP contribution in [0.2, 0.25) is 0 Å². The summed E-state index contributed by atoms with van der Waals surface area (Å²) < 4.78 is 5.77. The molecule has 0 heterocycles. The van der Waals surface area contributed by atoms with Crippen LogP contribution < -0.4 is 4.74 Å². The van der Waals surface area contributed by atoms with Crippen molar-refractivity contribution < 1.29 is 4.74 Å². The molecule has 0 aliphatic heterocycles. The first-order valence-electron chi connectivity index (χ1n) is 5.99. The molecular weight excluding hydrogens is 220 g/mol. The molecule has 0 atom stereocenters. The highest BCUT2D eigenvalue weighted by Gasteiger charge is 2.00. The normalized spacial score (nSPS) is 10.4. The zero-order valence-electron chi connectivity index (χ0n) is 9.97. The molecule has 0 bridgehead atoms. The lowest BCUT2D eigenvalue weighted by Crippen LogP contribution is -1.96. The minimum absolute atomic E-state index is 0.583. The van der Waals surface area contributed by atoms with E-state index in [0.717, 1.165) is 5.75 Å². The van der Waals surface area contributed by atoms with Crippen LogP contribution in [0.1, 0.15) is 5.56 Å². The van der Waals surface area contributed by atoms with Gasteiger partial charge >= 0.3 is 0 Å². The molecule has 0 aliphatic rings. The van der Waals surface area contributed by atoms with Gasteiger partial charge in [-0.2, -0.15) is 0 Å². The Hall–Kier alpha value is -2.28. The minimum atomic E-state index is 0.583. The summed E-state index contributed by atoms with van der Waals surface area (Å²) in [6, 6.07) is 25.3. The van der Waals surface area contributed by atoms with Gasteiger partial charge in [-0.15, -0.1) is 0 Å². The predicted molar refractivity (Wildman–Crippen MR) is 73.6 cm³/mol. The van der Waals surface area contributed by atoms with Gasteiger partial charge < -0.3 is 4.74 Å². The van der Waals surface area contributed by atoms with Crippen LogP contribution in [0.15, 0.2) is 66.7 Å². The lowest BCUT2D eigenvalue weighted by atomic mass is 10.1. The first-order chi connectivity index (χ1) is 8.93. The summed E-state index contributed by atoms with van der Waals surface area (Å²) in [4.78, 5) is 0. The molecule has 0 unspecified atom stereocenters. The van der Waals surface area contributed by atoms with Crippen molar-refractivity contribution in [3.63, 3.8) is 0 Å². The van der Waals surface area contributed by atoms with Gasteiger partial charge in [-0.05, 0) is 34.5 Å². The number of rotatable bonds is 3. The number of fused-ring (bicyclic) bond motifs is 1. The van der Waals surface area contributed by atoms with Crippen LogP contribution in [0.4, 0.5) is 0 Å². The first kappa shape index (κ1) is 10.8. The molecule has 1 nitrogen and oxygen atoms in total. The van der Waals surface area contributed by atoms with Crippen LogP contribution in [-0.4, -0.2) is 0 Å². The predicted octanol–water partition coefficient (Wildman–Crippen LogP) is 4.22. The summed E-state index contributed by atoms with van der Waals surface area (Å²) in [6.07, 6.45) is 0. The first-order valence-corrected chi connectivity index (χ1v) is 5.99. The number of hydrogen-bond acceptors (Lipinski definition) is 1. The zero-order chi connectivity index (χ0) is 12.2. The smallest absolute Gasteiger partial charge is 0.120 e. The highest BCUT2D eigenvalue weighted by Crippen LogP contribution is 2.20.